The third kappa shape index (κ3) is 5.47. The number of benzene rings is 1. The summed E-state index contributed by atoms with van der Waals surface area (Å²) in [6.07, 6.45) is 8.17. The van der Waals surface area contributed by atoms with Crippen LogP contribution in [0.3, 0.4) is 0 Å². The summed E-state index contributed by atoms with van der Waals surface area (Å²) in [6, 6.07) is 10.1. The van der Waals surface area contributed by atoms with E-state index in [1.165, 1.54) is 43.2 Å². The average Bonchev–Trinajstić information content (AvgIpc) is 2.41. The molecule has 0 radical (unpaired) electrons. The van der Waals surface area contributed by atoms with Gasteiger partial charge in [-0.1, -0.05) is 51.0 Å². The fourth-order valence-corrected chi connectivity index (χ4v) is 3.95. The molecule has 118 valence electrons. The summed E-state index contributed by atoms with van der Waals surface area (Å²) in [6.45, 7) is 9.29. The molecule has 0 aromatic heterocycles. The Bertz CT molecular complexity index is 424. The minimum absolute atomic E-state index is 0.578. The van der Waals surface area contributed by atoms with E-state index in [4.69, 9.17) is 0 Å². The van der Waals surface area contributed by atoms with Crippen LogP contribution in [-0.4, -0.2) is 12.1 Å². The number of aryl methyl sites for hydroxylation is 1. The molecule has 0 bridgehead atoms. The van der Waals surface area contributed by atoms with Gasteiger partial charge in [-0.3, -0.25) is 0 Å². The highest BCUT2D eigenvalue weighted by Gasteiger charge is 2.23. The normalized spacial score (nSPS) is 24.2. The van der Waals surface area contributed by atoms with Crippen LogP contribution >= 0.6 is 0 Å². The van der Waals surface area contributed by atoms with E-state index in [1.54, 1.807) is 0 Å². The first-order chi connectivity index (χ1) is 10.0. The van der Waals surface area contributed by atoms with Crippen molar-refractivity contribution in [1.82, 2.24) is 5.32 Å². The van der Waals surface area contributed by atoms with Crippen molar-refractivity contribution in [1.29, 1.82) is 0 Å². The highest BCUT2D eigenvalue weighted by Crippen LogP contribution is 2.29. The molecule has 0 amide bonds. The Morgan fingerprint density at radius 1 is 1.14 bits per heavy atom. The molecule has 0 spiro atoms. The number of hydrogen-bond donors (Lipinski definition) is 1. The van der Waals surface area contributed by atoms with Crippen LogP contribution in [0.1, 0.15) is 64.0 Å². The number of rotatable bonds is 6. The van der Waals surface area contributed by atoms with Crippen molar-refractivity contribution >= 4 is 0 Å². The molecule has 1 N–H and O–H groups in total. The van der Waals surface area contributed by atoms with E-state index in [-0.39, 0.29) is 0 Å². The molecule has 1 aliphatic carbocycles. The van der Waals surface area contributed by atoms with E-state index in [0.29, 0.717) is 6.04 Å². The lowest BCUT2D eigenvalue weighted by Crippen LogP contribution is -2.41. The molecule has 21 heavy (non-hydrogen) atoms. The molecule has 1 saturated carbocycles. The molecular formula is C20H33N. The zero-order chi connectivity index (χ0) is 15.2. The predicted octanol–water partition coefficient (Wildman–Crippen LogP) is 5.12. The fourth-order valence-electron chi connectivity index (χ4n) is 3.95. The SMILES string of the molecule is Cc1ccccc1CC(C)NC1CCCC(CC(C)C)C1. The second kappa shape index (κ2) is 7.98. The van der Waals surface area contributed by atoms with Crippen LogP contribution in [-0.2, 0) is 6.42 Å². The van der Waals surface area contributed by atoms with Gasteiger partial charge in [-0.05, 0) is 62.5 Å². The Morgan fingerprint density at radius 3 is 2.62 bits per heavy atom. The van der Waals surface area contributed by atoms with Crippen molar-refractivity contribution in [3.8, 4) is 0 Å². The zero-order valence-corrected chi connectivity index (χ0v) is 14.4. The van der Waals surface area contributed by atoms with Crippen molar-refractivity contribution in [2.75, 3.05) is 0 Å². The van der Waals surface area contributed by atoms with E-state index < -0.39 is 0 Å². The molecule has 1 aromatic carbocycles. The lowest BCUT2D eigenvalue weighted by Gasteiger charge is -2.33. The molecule has 1 heteroatoms. The maximum atomic E-state index is 3.90. The highest BCUT2D eigenvalue weighted by molar-refractivity contribution is 5.26. The Labute approximate surface area is 131 Å². The second-order valence-corrected chi connectivity index (χ2v) is 7.56. The molecule has 2 rings (SSSR count). The summed E-state index contributed by atoms with van der Waals surface area (Å²) >= 11 is 0. The topological polar surface area (TPSA) is 12.0 Å². The van der Waals surface area contributed by atoms with Crippen molar-refractivity contribution in [2.24, 2.45) is 11.8 Å². The lowest BCUT2D eigenvalue weighted by atomic mass is 9.81. The molecular weight excluding hydrogens is 254 g/mol. The second-order valence-electron chi connectivity index (χ2n) is 7.56. The van der Waals surface area contributed by atoms with Crippen LogP contribution in [0.2, 0.25) is 0 Å². The summed E-state index contributed by atoms with van der Waals surface area (Å²) in [5, 5.41) is 3.90. The van der Waals surface area contributed by atoms with Crippen LogP contribution in [0, 0.1) is 18.8 Å². The van der Waals surface area contributed by atoms with Crippen LogP contribution in [0.4, 0.5) is 0 Å². The average molecular weight is 287 g/mol. The summed E-state index contributed by atoms with van der Waals surface area (Å²) in [7, 11) is 0. The summed E-state index contributed by atoms with van der Waals surface area (Å²) in [5.74, 6) is 1.79. The van der Waals surface area contributed by atoms with Crippen LogP contribution in [0.5, 0.6) is 0 Å². The Hall–Kier alpha value is -0.820. The third-order valence-corrected chi connectivity index (χ3v) is 4.90. The van der Waals surface area contributed by atoms with Crippen LogP contribution in [0.15, 0.2) is 24.3 Å². The van der Waals surface area contributed by atoms with Gasteiger partial charge in [0.1, 0.15) is 0 Å². The molecule has 0 heterocycles. The van der Waals surface area contributed by atoms with E-state index in [0.717, 1.165) is 24.3 Å². The van der Waals surface area contributed by atoms with E-state index >= 15 is 0 Å². The lowest BCUT2D eigenvalue weighted by molar-refractivity contribution is 0.242. The Kier molecular flexibility index (Phi) is 6.29. The van der Waals surface area contributed by atoms with Gasteiger partial charge in [0.2, 0.25) is 0 Å². The van der Waals surface area contributed by atoms with Crippen molar-refractivity contribution in [3.63, 3.8) is 0 Å². The Morgan fingerprint density at radius 2 is 1.90 bits per heavy atom. The van der Waals surface area contributed by atoms with Crippen molar-refractivity contribution in [3.05, 3.63) is 35.4 Å². The van der Waals surface area contributed by atoms with Gasteiger partial charge in [0, 0.05) is 12.1 Å². The third-order valence-electron chi connectivity index (χ3n) is 4.90. The minimum atomic E-state index is 0.578. The van der Waals surface area contributed by atoms with Gasteiger partial charge in [-0.25, -0.2) is 0 Å². The van der Waals surface area contributed by atoms with Crippen LogP contribution < -0.4 is 5.32 Å². The van der Waals surface area contributed by atoms with Gasteiger partial charge in [0.25, 0.3) is 0 Å². The van der Waals surface area contributed by atoms with Gasteiger partial charge < -0.3 is 5.32 Å². The van der Waals surface area contributed by atoms with Gasteiger partial charge in [0.15, 0.2) is 0 Å². The summed E-state index contributed by atoms with van der Waals surface area (Å²) in [4.78, 5) is 0. The van der Waals surface area contributed by atoms with E-state index in [1.807, 2.05) is 0 Å². The highest BCUT2D eigenvalue weighted by atomic mass is 14.9. The van der Waals surface area contributed by atoms with Crippen LogP contribution in [0.25, 0.3) is 0 Å². The van der Waals surface area contributed by atoms with Gasteiger partial charge in [-0.2, -0.15) is 0 Å². The number of nitrogens with one attached hydrogen (secondary N) is 1. The smallest absolute Gasteiger partial charge is 0.00818 e. The largest absolute Gasteiger partial charge is 0.311 e. The molecule has 3 unspecified atom stereocenters. The first-order valence-corrected chi connectivity index (χ1v) is 8.85. The molecule has 3 atom stereocenters. The first kappa shape index (κ1) is 16.5. The number of hydrogen-bond acceptors (Lipinski definition) is 1. The minimum Gasteiger partial charge on any atom is -0.311 e. The molecule has 1 aliphatic rings. The standard InChI is InChI=1S/C20H33N/c1-15(2)12-18-9-7-11-20(14-18)21-17(4)13-19-10-6-5-8-16(19)3/h5-6,8,10,15,17-18,20-21H,7,9,11-14H2,1-4H3. The quantitative estimate of drug-likeness (QED) is 0.765. The monoisotopic (exact) mass is 287 g/mol. The molecule has 1 aromatic rings. The van der Waals surface area contributed by atoms with Gasteiger partial charge >= 0.3 is 0 Å². The summed E-state index contributed by atoms with van der Waals surface area (Å²) < 4.78 is 0. The van der Waals surface area contributed by atoms with Crippen molar-refractivity contribution in [2.45, 2.75) is 78.3 Å². The molecule has 1 nitrogen and oxygen atoms in total. The molecule has 0 saturated heterocycles. The van der Waals surface area contributed by atoms with Crippen molar-refractivity contribution < 1.29 is 0 Å². The van der Waals surface area contributed by atoms with Gasteiger partial charge in [0.05, 0.1) is 0 Å². The molecule has 0 aliphatic heterocycles. The Balaban J connectivity index is 1.82. The predicted molar refractivity (Wildman–Crippen MR) is 92.7 cm³/mol. The zero-order valence-electron chi connectivity index (χ0n) is 14.4. The molecule has 1 fully saturated rings. The van der Waals surface area contributed by atoms with E-state index in [9.17, 15) is 0 Å². The van der Waals surface area contributed by atoms with Gasteiger partial charge in [-0.15, -0.1) is 0 Å². The fraction of sp³-hybridized carbons (Fsp3) is 0.700. The van der Waals surface area contributed by atoms with E-state index in [2.05, 4.69) is 57.3 Å². The maximum absolute atomic E-state index is 3.90. The first-order valence-electron chi connectivity index (χ1n) is 8.85. The summed E-state index contributed by atoms with van der Waals surface area (Å²) in [5.41, 5.74) is 2.92. The maximum Gasteiger partial charge on any atom is 0.00818 e.